The Morgan fingerprint density at radius 3 is 2.84 bits per heavy atom. The molecule has 2 heterocycles. The molecule has 2 aliphatic rings. The van der Waals surface area contributed by atoms with Gasteiger partial charge in [0.25, 0.3) is 0 Å². The molecule has 2 aliphatic heterocycles. The highest BCUT2D eigenvalue weighted by molar-refractivity contribution is 5.67. The van der Waals surface area contributed by atoms with Crippen LogP contribution >= 0.6 is 0 Å². The maximum absolute atomic E-state index is 12.0. The second kappa shape index (κ2) is 6.09. The van der Waals surface area contributed by atoms with E-state index in [-0.39, 0.29) is 12.1 Å². The Labute approximate surface area is 115 Å². The quantitative estimate of drug-likeness (QED) is 0.818. The van der Waals surface area contributed by atoms with Crippen LogP contribution in [0.5, 0.6) is 0 Å². The number of aliphatic hydroxyl groups is 1. The van der Waals surface area contributed by atoms with Gasteiger partial charge in [0.2, 0.25) is 0 Å². The molecule has 1 amide bonds. The summed E-state index contributed by atoms with van der Waals surface area (Å²) in [6.45, 7) is 6.62. The number of hydrogen-bond donors (Lipinski definition) is 1. The molecule has 0 radical (unpaired) electrons. The summed E-state index contributed by atoms with van der Waals surface area (Å²) < 4.78 is 5.26. The highest BCUT2D eigenvalue weighted by atomic mass is 16.6. The number of carbonyl (C=O) groups is 1. The van der Waals surface area contributed by atoms with Crippen LogP contribution < -0.4 is 0 Å². The molecule has 0 bridgehead atoms. The van der Waals surface area contributed by atoms with Crippen LogP contribution in [0, 0.1) is 11.8 Å². The Hall–Kier alpha value is -0.810. The van der Waals surface area contributed by atoms with Crippen molar-refractivity contribution in [2.24, 2.45) is 11.8 Å². The van der Waals surface area contributed by atoms with Crippen LogP contribution in [0.2, 0.25) is 0 Å². The van der Waals surface area contributed by atoms with Crippen LogP contribution in [0.1, 0.15) is 26.7 Å². The number of β-amino-alcohol motifs (C(OH)–C–C–N with tert-alkyl or cyclic N) is 1. The van der Waals surface area contributed by atoms with E-state index >= 15 is 0 Å². The van der Waals surface area contributed by atoms with Gasteiger partial charge >= 0.3 is 6.09 Å². The first-order valence-corrected chi connectivity index (χ1v) is 7.29. The smallest absolute Gasteiger partial charge is 0.409 e. The van der Waals surface area contributed by atoms with E-state index in [9.17, 15) is 9.90 Å². The number of nitrogens with zero attached hydrogens (tertiary/aromatic N) is 2. The summed E-state index contributed by atoms with van der Waals surface area (Å²) in [6, 6.07) is 0.197. The van der Waals surface area contributed by atoms with Gasteiger partial charge < -0.3 is 19.6 Å². The third kappa shape index (κ3) is 3.39. The molecule has 0 aromatic carbocycles. The van der Waals surface area contributed by atoms with Gasteiger partial charge in [0.1, 0.15) is 0 Å². The molecule has 3 atom stereocenters. The number of amides is 1. The minimum Gasteiger partial charge on any atom is -0.449 e. The molecule has 110 valence electrons. The average molecular weight is 270 g/mol. The molecular formula is C14H26N2O3. The number of aliphatic hydroxyl groups excluding tert-OH is 1. The van der Waals surface area contributed by atoms with Gasteiger partial charge in [0, 0.05) is 12.6 Å². The molecule has 1 N–H and O–H groups in total. The number of likely N-dealkylation sites (tertiary alicyclic amines) is 2. The van der Waals surface area contributed by atoms with Crippen LogP contribution in [-0.4, -0.2) is 66.4 Å². The van der Waals surface area contributed by atoms with Crippen molar-refractivity contribution in [2.75, 3.05) is 33.3 Å². The van der Waals surface area contributed by atoms with E-state index in [4.69, 9.17) is 4.74 Å². The van der Waals surface area contributed by atoms with Crippen molar-refractivity contribution in [3.63, 3.8) is 0 Å². The number of ether oxygens (including phenoxy) is 1. The molecule has 0 spiro atoms. The second-order valence-corrected chi connectivity index (χ2v) is 6.32. The van der Waals surface area contributed by atoms with Gasteiger partial charge in [-0.05, 0) is 38.3 Å². The molecule has 5 nitrogen and oxygen atoms in total. The summed E-state index contributed by atoms with van der Waals surface area (Å²) in [7, 11) is 2.06. The van der Waals surface area contributed by atoms with E-state index in [0.29, 0.717) is 31.5 Å². The lowest BCUT2D eigenvalue weighted by Crippen LogP contribution is -2.61. The van der Waals surface area contributed by atoms with Crippen molar-refractivity contribution in [1.29, 1.82) is 0 Å². The van der Waals surface area contributed by atoms with E-state index in [1.807, 2.05) is 13.8 Å². The molecule has 2 fully saturated rings. The molecule has 0 saturated carbocycles. The topological polar surface area (TPSA) is 53.0 Å². The van der Waals surface area contributed by atoms with Gasteiger partial charge in [-0.15, -0.1) is 0 Å². The van der Waals surface area contributed by atoms with Crippen LogP contribution in [0.15, 0.2) is 0 Å². The second-order valence-electron chi connectivity index (χ2n) is 6.32. The molecule has 0 aliphatic carbocycles. The number of carbonyl (C=O) groups excluding carboxylic acids is 1. The van der Waals surface area contributed by atoms with Gasteiger partial charge in [-0.1, -0.05) is 13.8 Å². The number of likely N-dealkylation sites (N-methyl/N-ethyl adjacent to an activating group) is 1. The fourth-order valence-electron chi connectivity index (χ4n) is 3.26. The first kappa shape index (κ1) is 14.6. The fourth-order valence-corrected chi connectivity index (χ4v) is 3.26. The lowest BCUT2D eigenvalue weighted by Gasteiger charge is -2.48. The summed E-state index contributed by atoms with van der Waals surface area (Å²) >= 11 is 0. The molecule has 5 heteroatoms. The third-order valence-corrected chi connectivity index (χ3v) is 4.13. The summed E-state index contributed by atoms with van der Waals surface area (Å²) in [5.41, 5.74) is 0. The van der Waals surface area contributed by atoms with E-state index in [1.54, 1.807) is 4.90 Å². The van der Waals surface area contributed by atoms with Crippen molar-refractivity contribution in [3.8, 4) is 0 Å². The lowest BCUT2D eigenvalue weighted by atomic mass is 9.83. The summed E-state index contributed by atoms with van der Waals surface area (Å²) in [5.74, 6) is 0.710. The average Bonchev–Trinajstić information content (AvgIpc) is 2.35. The van der Waals surface area contributed by atoms with Crippen molar-refractivity contribution in [1.82, 2.24) is 9.80 Å². The van der Waals surface area contributed by atoms with Gasteiger partial charge in [-0.3, -0.25) is 0 Å². The Bertz CT molecular complexity index is 322. The zero-order valence-corrected chi connectivity index (χ0v) is 12.2. The van der Waals surface area contributed by atoms with Crippen LogP contribution in [-0.2, 0) is 4.74 Å². The Balaban J connectivity index is 1.93. The zero-order chi connectivity index (χ0) is 14.0. The predicted octanol–water partition coefficient (Wildman–Crippen LogP) is 1.17. The Morgan fingerprint density at radius 1 is 1.42 bits per heavy atom. The Morgan fingerprint density at radius 2 is 2.16 bits per heavy atom. The van der Waals surface area contributed by atoms with E-state index < -0.39 is 6.10 Å². The van der Waals surface area contributed by atoms with Gasteiger partial charge in [0.05, 0.1) is 19.3 Å². The summed E-state index contributed by atoms with van der Waals surface area (Å²) in [5, 5.41) is 10.3. The van der Waals surface area contributed by atoms with Crippen molar-refractivity contribution in [3.05, 3.63) is 0 Å². The number of fused-ring (bicyclic) bond motifs is 1. The third-order valence-electron chi connectivity index (χ3n) is 4.13. The molecule has 0 aromatic rings. The van der Waals surface area contributed by atoms with E-state index in [2.05, 4.69) is 11.9 Å². The molecule has 0 aromatic heterocycles. The largest absolute Gasteiger partial charge is 0.449 e. The number of hydrogen-bond acceptors (Lipinski definition) is 4. The molecule has 19 heavy (non-hydrogen) atoms. The highest BCUT2D eigenvalue weighted by Gasteiger charge is 2.41. The summed E-state index contributed by atoms with van der Waals surface area (Å²) in [4.78, 5) is 15.9. The molecule has 2 saturated heterocycles. The monoisotopic (exact) mass is 270 g/mol. The SMILES string of the molecule is CC(C)COC(=O)N1CC(O)C2C(CCCN2C)C1. The first-order valence-electron chi connectivity index (χ1n) is 7.29. The minimum atomic E-state index is -0.462. The van der Waals surface area contributed by atoms with Gasteiger partial charge in [-0.2, -0.15) is 0 Å². The number of rotatable bonds is 2. The normalized spacial score (nSPS) is 32.3. The van der Waals surface area contributed by atoms with Crippen molar-refractivity contribution in [2.45, 2.75) is 38.8 Å². The highest BCUT2D eigenvalue weighted by Crippen LogP contribution is 2.30. The van der Waals surface area contributed by atoms with Crippen molar-refractivity contribution < 1.29 is 14.6 Å². The van der Waals surface area contributed by atoms with Gasteiger partial charge in [0.15, 0.2) is 0 Å². The summed E-state index contributed by atoms with van der Waals surface area (Å²) in [6.07, 6.45) is 1.48. The maximum Gasteiger partial charge on any atom is 0.409 e. The van der Waals surface area contributed by atoms with Crippen LogP contribution in [0.3, 0.4) is 0 Å². The first-order chi connectivity index (χ1) is 8.99. The lowest BCUT2D eigenvalue weighted by molar-refractivity contribution is -0.0543. The number of piperidine rings is 2. The van der Waals surface area contributed by atoms with Crippen LogP contribution in [0.4, 0.5) is 4.79 Å². The van der Waals surface area contributed by atoms with E-state index in [1.165, 1.54) is 0 Å². The fraction of sp³-hybridized carbons (Fsp3) is 0.929. The van der Waals surface area contributed by atoms with Gasteiger partial charge in [-0.25, -0.2) is 4.79 Å². The molecule has 2 rings (SSSR count). The zero-order valence-electron chi connectivity index (χ0n) is 12.2. The van der Waals surface area contributed by atoms with Crippen molar-refractivity contribution >= 4 is 6.09 Å². The maximum atomic E-state index is 12.0. The standard InChI is InChI=1S/C14H26N2O3/c1-10(2)9-19-14(18)16-7-11-5-4-6-15(3)13(11)12(17)8-16/h10-13,17H,4-9H2,1-3H3. The van der Waals surface area contributed by atoms with E-state index in [0.717, 1.165) is 19.4 Å². The van der Waals surface area contributed by atoms with Crippen LogP contribution in [0.25, 0.3) is 0 Å². The molecule has 3 unspecified atom stereocenters. The molecular weight excluding hydrogens is 244 g/mol. The minimum absolute atomic E-state index is 0.197. The predicted molar refractivity (Wildman–Crippen MR) is 72.9 cm³/mol. The Kier molecular flexibility index (Phi) is 4.68.